The zero-order valence-corrected chi connectivity index (χ0v) is 17.3. The second-order valence-corrected chi connectivity index (χ2v) is 8.82. The highest BCUT2D eigenvalue weighted by atomic mass is 35.5. The van der Waals surface area contributed by atoms with Crippen molar-refractivity contribution in [3.8, 4) is 33.8 Å². The summed E-state index contributed by atoms with van der Waals surface area (Å²) >= 11 is 7.86. The normalized spacial score (nSPS) is 13.0. The quantitative estimate of drug-likeness (QED) is 0.439. The molecule has 2 aromatic heterocycles. The number of methoxy groups -OCH3 is 1. The fraction of sp³-hybridized carbons (Fsp3) is 0.174. The van der Waals surface area contributed by atoms with Crippen molar-refractivity contribution in [3.05, 3.63) is 68.3 Å². The van der Waals surface area contributed by atoms with Crippen LogP contribution in [-0.4, -0.2) is 17.2 Å². The minimum absolute atomic E-state index is 0.0486. The molecule has 4 nitrogen and oxygen atoms in total. The summed E-state index contributed by atoms with van der Waals surface area (Å²) in [6.07, 6.45) is 3.33. The Bertz CT molecular complexity index is 1300. The van der Waals surface area contributed by atoms with Crippen LogP contribution in [0, 0.1) is 0 Å². The van der Waals surface area contributed by atoms with Gasteiger partial charge in [-0.25, -0.2) is 0 Å². The number of aromatic amines is 1. The molecule has 0 bridgehead atoms. The number of aryl methyl sites for hydroxylation is 2. The third-order valence-corrected chi connectivity index (χ3v) is 6.87. The Hall–Kier alpha value is -2.76. The number of aromatic hydroxyl groups is 1. The van der Waals surface area contributed by atoms with Gasteiger partial charge in [0.05, 0.1) is 18.1 Å². The molecule has 0 atom stereocenters. The van der Waals surface area contributed by atoms with E-state index in [2.05, 4.69) is 23.2 Å². The smallest absolute Gasteiger partial charge is 0.260 e. The summed E-state index contributed by atoms with van der Waals surface area (Å²) in [4.78, 5) is 16.2. The fourth-order valence-corrected chi connectivity index (χ4v) is 5.51. The molecule has 5 rings (SSSR count). The first-order chi connectivity index (χ1) is 14.1. The minimum atomic E-state index is -0.349. The molecule has 0 spiro atoms. The Morgan fingerprint density at radius 3 is 2.52 bits per heavy atom. The van der Waals surface area contributed by atoms with E-state index in [9.17, 15) is 9.90 Å². The van der Waals surface area contributed by atoms with Crippen molar-refractivity contribution in [1.29, 1.82) is 0 Å². The molecule has 4 aromatic rings. The van der Waals surface area contributed by atoms with Crippen LogP contribution >= 0.6 is 22.9 Å². The van der Waals surface area contributed by atoms with Gasteiger partial charge in [0.1, 0.15) is 20.7 Å². The van der Waals surface area contributed by atoms with Gasteiger partial charge in [-0.3, -0.25) is 4.79 Å². The summed E-state index contributed by atoms with van der Waals surface area (Å²) < 4.78 is 5.74. The number of halogens is 1. The number of fused-ring (bicyclic) bond motifs is 2. The van der Waals surface area contributed by atoms with Gasteiger partial charge in [-0.05, 0) is 53.6 Å². The van der Waals surface area contributed by atoms with Crippen molar-refractivity contribution in [2.45, 2.75) is 19.3 Å². The van der Waals surface area contributed by atoms with Crippen LogP contribution in [0.5, 0.6) is 11.5 Å². The Labute approximate surface area is 176 Å². The van der Waals surface area contributed by atoms with Gasteiger partial charge < -0.3 is 14.8 Å². The van der Waals surface area contributed by atoms with Crippen LogP contribution in [0.15, 0.2) is 47.3 Å². The third-order valence-electron chi connectivity index (χ3n) is 5.56. The maximum atomic E-state index is 12.7. The van der Waals surface area contributed by atoms with Crippen LogP contribution in [-0.2, 0) is 12.8 Å². The average Bonchev–Trinajstić information content (AvgIpc) is 3.31. The van der Waals surface area contributed by atoms with Gasteiger partial charge in [-0.1, -0.05) is 41.9 Å². The molecule has 1 aliphatic carbocycles. The first-order valence-corrected chi connectivity index (χ1v) is 10.6. The maximum Gasteiger partial charge on any atom is 0.260 e. The topological polar surface area (TPSA) is 62.3 Å². The molecule has 0 amide bonds. The Kier molecular flexibility index (Phi) is 4.37. The van der Waals surface area contributed by atoms with E-state index in [1.807, 2.05) is 0 Å². The van der Waals surface area contributed by atoms with E-state index in [1.54, 1.807) is 31.4 Å². The summed E-state index contributed by atoms with van der Waals surface area (Å²) in [5.74, 6) is 0.635. The molecule has 0 aliphatic heterocycles. The lowest BCUT2D eigenvalue weighted by Gasteiger charge is -2.09. The second kappa shape index (κ2) is 6.94. The van der Waals surface area contributed by atoms with Crippen LogP contribution in [0.25, 0.3) is 32.5 Å². The summed E-state index contributed by atoms with van der Waals surface area (Å²) in [5, 5.41) is 11.7. The summed E-state index contributed by atoms with van der Waals surface area (Å²) in [6, 6.07) is 13.4. The van der Waals surface area contributed by atoms with Crippen molar-refractivity contribution in [3.63, 3.8) is 0 Å². The van der Waals surface area contributed by atoms with E-state index in [0.717, 1.165) is 30.4 Å². The SMILES string of the molecule is COc1ccc(-c2c(O)c3c(-c4ccc5c(c4)CCC5)c(Cl)sc3[nH]c2=O)cc1. The van der Waals surface area contributed by atoms with E-state index >= 15 is 0 Å². The Morgan fingerprint density at radius 2 is 1.76 bits per heavy atom. The molecule has 0 unspecified atom stereocenters. The first-order valence-electron chi connectivity index (χ1n) is 9.40. The molecule has 2 aromatic carbocycles. The number of thiophene rings is 1. The van der Waals surface area contributed by atoms with Crippen molar-refractivity contribution in [1.82, 2.24) is 4.98 Å². The molecule has 1 aliphatic rings. The predicted octanol–water partition coefficient (Wildman–Crippen LogP) is 5.78. The molecular weight excluding hydrogens is 406 g/mol. The van der Waals surface area contributed by atoms with Crippen LogP contribution < -0.4 is 10.3 Å². The molecule has 6 heteroatoms. The molecule has 0 radical (unpaired) electrons. The van der Waals surface area contributed by atoms with Gasteiger partial charge in [0.15, 0.2) is 0 Å². The number of nitrogens with one attached hydrogen (secondary N) is 1. The number of aromatic nitrogens is 1. The third kappa shape index (κ3) is 2.93. The van der Waals surface area contributed by atoms with Gasteiger partial charge >= 0.3 is 0 Å². The van der Waals surface area contributed by atoms with Gasteiger partial charge in [0.25, 0.3) is 5.56 Å². The van der Waals surface area contributed by atoms with Crippen molar-refractivity contribution < 1.29 is 9.84 Å². The zero-order valence-electron chi connectivity index (χ0n) is 15.7. The molecular formula is C23H18ClNO3S. The second-order valence-electron chi connectivity index (χ2n) is 7.20. The van der Waals surface area contributed by atoms with E-state index in [0.29, 0.717) is 25.9 Å². The minimum Gasteiger partial charge on any atom is -0.506 e. The fourth-order valence-electron chi connectivity index (χ4n) is 4.13. The van der Waals surface area contributed by atoms with Gasteiger partial charge in [0.2, 0.25) is 0 Å². The number of hydrogen-bond acceptors (Lipinski definition) is 4. The van der Waals surface area contributed by atoms with Gasteiger partial charge in [0, 0.05) is 5.56 Å². The van der Waals surface area contributed by atoms with Crippen LogP contribution in [0.1, 0.15) is 17.5 Å². The molecule has 146 valence electrons. The lowest BCUT2D eigenvalue weighted by molar-refractivity contribution is 0.415. The largest absolute Gasteiger partial charge is 0.506 e. The van der Waals surface area contributed by atoms with E-state index < -0.39 is 0 Å². The maximum absolute atomic E-state index is 12.7. The molecule has 0 saturated heterocycles. The number of benzene rings is 2. The number of rotatable bonds is 3. The summed E-state index contributed by atoms with van der Waals surface area (Å²) in [6.45, 7) is 0. The first kappa shape index (κ1) is 18.3. The average molecular weight is 424 g/mol. The predicted molar refractivity (Wildman–Crippen MR) is 119 cm³/mol. The number of pyridine rings is 1. The number of hydrogen-bond donors (Lipinski definition) is 2. The highest BCUT2D eigenvalue weighted by Crippen LogP contribution is 2.47. The molecule has 2 heterocycles. The van der Waals surface area contributed by atoms with Crippen molar-refractivity contribution in [2.24, 2.45) is 0 Å². The molecule has 29 heavy (non-hydrogen) atoms. The highest BCUT2D eigenvalue weighted by Gasteiger charge is 2.23. The van der Waals surface area contributed by atoms with Crippen LogP contribution in [0.2, 0.25) is 4.34 Å². The zero-order chi connectivity index (χ0) is 20.1. The highest BCUT2D eigenvalue weighted by molar-refractivity contribution is 7.23. The van der Waals surface area contributed by atoms with Crippen molar-refractivity contribution >= 4 is 33.2 Å². The van der Waals surface area contributed by atoms with Gasteiger partial charge in [-0.2, -0.15) is 0 Å². The van der Waals surface area contributed by atoms with Crippen LogP contribution in [0.4, 0.5) is 0 Å². The van der Waals surface area contributed by atoms with E-state index in [-0.39, 0.29) is 16.9 Å². The molecule has 2 N–H and O–H groups in total. The van der Waals surface area contributed by atoms with Crippen molar-refractivity contribution in [2.75, 3.05) is 7.11 Å². The monoisotopic (exact) mass is 423 g/mol. The summed E-state index contributed by atoms with van der Waals surface area (Å²) in [7, 11) is 1.58. The van der Waals surface area contributed by atoms with E-state index in [4.69, 9.17) is 16.3 Å². The Balaban J connectivity index is 1.76. The lowest BCUT2D eigenvalue weighted by Crippen LogP contribution is -2.08. The van der Waals surface area contributed by atoms with Crippen LogP contribution in [0.3, 0.4) is 0 Å². The lowest BCUT2D eigenvalue weighted by atomic mass is 9.98. The number of ether oxygens (including phenoxy) is 1. The molecule has 0 fully saturated rings. The standard InChI is InChI=1S/C23H18ClNO3S/c1-28-16-9-7-13(8-10-16)18-20(26)19-17(21(24)29-23(19)25-22(18)27)15-6-5-12-3-2-4-14(12)11-15/h5-11H,2-4H2,1H3,(H2,25,26,27). The number of H-pyrrole nitrogens is 1. The van der Waals surface area contributed by atoms with E-state index in [1.165, 1.54) is 22.5 Å². The summed E-state index contributed by atoms with van der Waals surface area (Å²) in [5.41, 5.74) is 4.94. The Morgan fingerprint density at radius 1 is 1.03 bits per heavy atom. The molecule has 0 saturated carbocycles. The van der Waals surface area contributed by atoms with Gasteiger partial charge in [-0.15, -0.1) is 11.3 Å².